The van der Waals surface area contributed by atoms with Crippen molar-refractivity contribution in [2.75, 3.05) is 52.4 Å². The van der Waals surface area contributed by atoms with Crippen molar-refractivity contribution in [2.45, 2.75) is 18.9 Å². The zero-order chi connectivity index (χ0) is 10.5. The number of aliphatic hydroxyl groups excluding tert-OH is 1. The van der Waals surface area contributed by atoms with Gasteiger partial charge >= 0.3 is 0 Å². The van der Waals surface area contributed by atoms with E-state index in [1.807, 2.05) is 0 Å². The molecule has 0 spiro atoms. The van der Waals surface area contributed by atoms with Crippen LogP contribution in [0.4, 0.5) is 0 Å². The largest absolute Gasteiger partial charge is 0.396 e. The second-order valence-corrected chi connectivity index (χ2v) is 4.63. The molecule has 2 N–H and O–H groups in total. The summed E-state index contributed by atoms with van der Waals surface area (Å²) in [6.45, 7) is 8.74. The minimum atomic E-state index is 0.342. The Bertz CT molecular complexity index is 177. The summed E-state index contributed by atoms with van der Waals surface area (Å²) in [6, 6.07) is 0.807. The lowest BCUT2D eigenvalue weighted by Crippen LogP contribution is -2.62. The van der Waals surface area contributed by atoms with Crippen LogP contribution in [0.1, 0.15) is 12.8 Å². The summed E-state index contributed by atoms with van der Waals surface area (Å²) in [6.07, 6.45) is 2.10. The number of nitrogens with one attached hydrogen (secondary N) is 1. The van der Waals surface area contributed by atoms with Crippen LogP contribution in [0.5, 0.6) is 0 Å². The lowest BCUT2D eigenvalue weighted by Gasteiger charge is -2.47. The predicted octanol–water partition coefficient (Wildman–Crippen LogP) is -0.652. The third-order valence-corrected chi connectivity index (χ3v) is 3.49. The Balaban J connectivity index is 1.56. The molecule has 88 valence electrons. The number of aliphatic hydroxyl groups is 1. The maximum absolute atomic E-state index is 8.69. The fourth-order valence-electron chi connectivity index (χ4n) is 2.45. The number of nitrogens with zero attached hydrogens (tertiary/aromatic N) is 2. The average Bonchev–Trinajstić information content (AvgIpc) is 2.23. The maximum atomic E-state index is 8.69. The lowest BCUT2D eigenvalue weighted by molar-refractivity contribution is 0.0258. The van der Waals surface area contributed by atoms with Gasteiger partial charge in [0.25, 0.3) is 0 Å². The molecule has 2 saturated heterocycles. The van der Waals surface area contributed by atoms with Crippen LogP contribution in [0.25, 0.3) is 0 Å². The minimum Gasteiger partial charge on any atom is -0.396 e. The van der Waals surface area contributed by atoms with E-state index in [4.69, 9.17) is 5.11 Å². The van der Waals surface area contributed by atoms with Gasteiger partial charge in [-0.05, 0) is 19.4 Å². The van der Waals surface area contributed by atoms with Gasteiger partial charge in [0.1, 0.15) is 0 Å². The van der Waals surface area contributed by atoms with E-state index in [2.05, 4.69) is 15.1 Å². The van der Waals surface area contributed by atoms with Crippen LogP contribution in [0.15, 0.2) is 0 Å². The highest BCUT2D eigenvalue weighted by Gasteiger charge is 2.31. The summed E-state index contributed by atoms with van der Waals surface area (Å²) >= 11 is 0. The van der Waals surface area contributed by atoms with Crippen LogP contribution in [0.2, 0.25) is 0 Å². The highest BCUT2D eigenvalue weighted by Crippen LogP contribution is 2.15. The van der Waals surface area contributed by atoms with Crippen LogP contribution in [0, 0.1) is 0 Å². The van der Waals surface area contributed by atoms with Crippen molar-refractivity contribution >= 4 is 0 Å². The first kappa shape index (κ1) is 11.3. The standard InChI is InChI=1S/C11H23N3O/c15-8-2-1-5-13-9-11(10-13)14-6-3-12-4-7-14/h11-12,15H,1-10H2. The van der Waals surface area contributed by atoms with E-state index >= 15 is 0 Å². The molecule has 2 rings (SSSR count). The highest BCUT2D eigenvalue weighted by atomic mass is 16.2. The van der Waals surface area contributed by atoms with Gasteiger partial charge in [0.15, 0.2) is 0 Å². The van der Waals surface area contributed by atoms with Crippen molar-refractivity contribution < 1.29 is 5.11 Å². The van der Waals surface area contributed by atoms with Gasteiger partial charge in [0, 0.05) is 51.9 Å². The smallest absolute Gasteiger partial charge is 0.0431 e. The normalized spacial score (nSPS) is 25.4. The molecule has 0 aromatic heterocycles. The zero-order valence-electron chi connectivity index (χ0n) is 9.49. The van der Waals surface area contributed by atoms with Crippen molar-refractivity contribution in [3.63, 3.8) is 0 Å². The van der Waals surface area contributed by atoms with Gasteiger partial charge in [0.2, 0.25) is 0 Å². The first-order valence-electron chi connectivity index (χ1n) is 6.18. The lowest BCUT2D eigenvalue weighted by atomic mass is 10.1. The van der Waals surface area contributed by atoms with E-state index in [-0.39, 0.29) is 0 Å². The molecule has 0 unspecified atom stereocenters. The van der Waals surface area contributed by atoms with Crippen molar-refractivity contribution in [1.82, 2.24) is 15.1 Å². The quantitative estimate of drug-likeness (QED) is 0.595. The second-order valence-electron chi connectivity index (χ2n) is 4.63. The number of likely N-dealkylation sites (tertiary alicyclic amines) is 1. The molecular formula is C11H23N3O. The summed E-state index contributed by atoms with van der Waals surface area (Å²) < 4.78 is 0. The topological polar surface area (TPSA) is 38.7 Å². The van der Waals surface area contributed by atoms with Crippen molar-refractivity contribution in [2.24, 2.45) is 0 Å². The summed E-state index contributed by atoms with van der Waals surface area (Å²) in [5.41, 5.74) is 0. The number of unbranched alkanes of at least 4 members (excludes halogenated alkanes) is 1. The van der Waals surface area contributed by atoms with Gasteiger partial charge in [-0.25, -0.2) is 0 Å². The molecule has 15 heavy (non-hydrogen) atoms. The van der Waals surface area contributed by atoms with Crippen molar-refractivity contribution in [3.8, 4) is 0 Å². The molecule has 0 radical (unpaired) electrons. The van der Waals surface area contributed by atoms with Gasteiger partial charge in [-0.2, -0.15) is 0 Å². The Morgan fingerprint density at radius 1 is 1.13 bits per heavy atom. The molecule has 0 atom stereocenters. The third kappa shape index (κ3) is 3.14. The predicted molar refractivity (Wildman–Crippen MR) is 61.0 cm³/mol. The Labute approximate surface area is 92.2 Å². The maximum Gasteiger partial charge on any atom is 0.0431 e. The summed E-state index contributed by atoms with van der Waals surface area (Å²) in [5, 5.41) is 12.1. The molecule has 2 aliphatic rings. The van der Waals surface area contributed by atoms with E-state index in [1.54, 1.807) is 0 Å². The van der Waals surface area contributed by atoms with Gasteiger partial charge in [-0.15, -0.1) is 0 Å². The Morgan fingerprint density at radius 3 is 2.53 bits per heavy atom. The highest BCUT2D eigenvalue weighted by molar-refractivity contribution is 4.89. The number of hydrogen-bond donors (Lipinski definition) is 2. The van der Waals surface area contributed by atoms with E-state index in [1.165, 1.54) is 32.7 Å². The molecule has 0 aromatic rings. The Hall–Kier alpha value is -0.160. The molecule has 2 heterocycles. The number of rotatable bonds is 5. The second kappa shape index (κ2) is 5.80. The van der Waals surface area contributed by atoms with Crippen LogP contribution in [0.3, 0.4) is 0 Å². The molecular weight excluding hydrogens is 190 g/mol. The van der Waals surface area contributed by atoms with E-state index in [0.29, 0.717) is 6.61 Å². The molecule has 0 aromatic carbocycles. The summed E-state index contributed by atoms with van der Waals surface area (Å²) in [7, 11) is 0. The van der Waals surface area contributed by atoms with Crippen LogP contribution < -0.4 is 5.32 Å². The number of piperazine rings is 1. The van der Waals surface area contributed by atoms with E-state index in [9.17, 15) is 0 Å². The molecule has 4 heteroatoms. The van der Waals surface area contributed by atoms with Crippen LogP contribution >= 0.6 is 0 Å². The van der Waals surface area contributed by atoms with Crippen LogP contribution in [-0.4, -0.2) is 73.4 Å². The van der Waals surface area contributed by atoms with Gasteiger partial charge < -0.3 is 15.3 Å². The van der Waals surface area contributed by atoms with Gasteiger partial charge in [0.05, 0.1) is 0 Å². The van der Waals surface area contributed by atoms with Gasteiger partial charge in [-0.3, -0.25) is 4.90 Å². The molecule has 4 nitrogen and oxygen atoms in total. The third-order valence-electron chi connectivity index (χ3n) is 3.49. The van der Waals surface area contributed by atoms with Crippen molar-refractivity contribution in [1.29, 1.82) is 0 Å². The molecule has 2 aliphatic heterocycles. The molecule has 0 aliphatic carbocycles. The first-order chi connectivity index (χ1) is 7.40. The Morgan fingerprint density at radius 2 is 1.87 bits per heavy atom. The monoisotopic (exact) mass is 213 g/mol. The summed E-state index contributed by atoms with van der Waals surface area (Å²) in [4.78, 5) is 5.11. The summed E-state index contributed by atoms with van der Waals surface area (Å²) in [5.74, 6) is 0. The SMILES string of the molecule is OCCCCN1CC(N2CCNCC2)C1. The van der Waals surface area contributed by atoms with Crippen LogP contribution in [-0.2, 0) is 0 Å². The Kier molecular flexibility index (Phi) is 4.38. The fraction of sp³-hybridized carbons (Fsp3) is 1.00. The molecule has 0 amide bonds. The zero-order valence-corrected chi connectivity index (χ0v) is 9.49. The van der Waals surface area contributed by atoms with E-state index < -0.39 is 0 Å². The van der Waals surface area contributed by atoms with Crippen molar-refractivity contribution in [3.05, 3.63) is 0 Å². The number of hydrogen-bond acceptors (Lipinski definition) is 4. The average molecular weight is 213 g/mol. The molecule has 0 bridgehead atoms. The molecule has 2 fully saturated rings. The molecule has 0 saturated carbocycles. The van der Waals surface area contributed by atoms with Gasteiger partial charge in [-0.1, -0.05) is 0 Å². The minimum absolute atomic E-state index is 0.342. The van der Waals surface area contributed by atoms with E-state index in [0.717, 1.165) is 32.0 Å². The fourth-order valence-corrected chi connectivity index (χ4v) is 2.45. The first-order valence-corrected chi connectivity index (χ1v) is 6.18.